The van der Waals surface area contributed by atoms with Crippen LogP contribution in [-0.4, -0.2) is 18.4 Å². The van der Waals surface area contributed by atoms with Gasteiger partial charge in [-0.05, 0) is 53.9 Å². The number of anilines is 2. The Morgan fingerprint density at radius 1 is 1.08 bits per heavy atom. The van der Waals surface area contributed by atoms with Crippen LogP contribution in [0.4, 0.5) is 11.6 Å². The van der Waals surface area contributed by atoms with Crippen LogP contribution in [0.3, 0.4) is 0 Å². The van der Waals surface area contributed by atoms with Crippen molar-refractivity contribution in [3.8, 4) is 0 Å². The zero-order valence-corrected chi connectivity index (χ0v) is 14.1. The van der Waals surface area contributed by atoms with Gasteiger partial charge in [-0.25, -0.2) is 23.1 Å². The second-order valence-corrected chi connectivity index (χ2v) is 7.49. The molecule has 2 heterocycles. The zero-order valence-electron chi connectivity index (χ0n) is 12.5. The Kier molecular flexibility index (Phi) is 4.59. The summed E-state index contributed by atoms with van der Waals surface area (Å²) in [5.41, 5.74) is 6.67. The van der Waals surface area contributed by atoms with Gasteiger partial charge in [0.15, 0.2) is 0 Å². The number of rotatable bonds is 5. The van der Waals surface area contributed by atoms with E-state index in [0.29, 0.717) is 11.4 Å². The van der Waals surface area contributed by atoms with Crippen LogP contribution >= 0.6 is 11.3 Å². The van der Waals surface area contributed by atoms with Gasteiger partial charge in [-0.1, -0.05) is 6.07 Å². The highest BCUT2D eigenvalue weighted by molar-refractivity contribution is 7.92. The number of benzene rings is 1. The first-order valence-corrected chi connectivity index (χ1v) is 9.32. The molecule has 0 aliphatic heterocycles. The minimum absolute atomic E-state index is 0.0140. The van der Waals surface area contributed by atoms with Crippen molar-refractivity contribution >= 4 is 45.1 Å². The number of sulfonamides is 1. The van der Waals surface area contributed by atoms with E-state index in [0.717, 1.165) is 4.88 Å². The fraction of sp³-hybridized carbons (Fsp3) is 0. The van der Waals surface area contributed by atoms with Gasteiger partial charge in [0.05, 0.1) is 10.6 Å². The second kappa shape index (κ2) is 6.81. The van der Waals surface area contributed by atoms with Crippen LogP contribution in [0.15, 0.2) is 58.9 Å². The Labute approximate surface area is 143 Å². The summed E-state index contributed by atoms with van der Waals surface area (Å²) in [6, 6.07) is 11.5. The number of nitrogens with zero attached hydrogens (tertiary/aromatic N) is 2. The molecule has 0 amide bonds. The molecule has 8 heteroatoms. The standard InChI is InChI=1S/C16H14N4O2S2/c17-12-3-7-15(8-4-12)24(21,22)20-16-18-10-9-13(19-16)5-6-14-2-1-11-23-14/h1-11H,17H2,(H,18,19,20). The van der Waals surface area contributed by atoms with Crippen molar-refractivity contribution < 1.29 is 8.42 Å². The SMILES string of the molecule is Nc1ccc(S(=O)(=O)Nc2nccc(C=Cc3cccs3)n2)cc1. The van der Waals surface area contributed by atoms with Crippen LogP contribution in [0.2, 0.25) is 0 Å². The number of thiophene rings is 1. The second-order valence-electron chi connectivity index (χ2n) is 4.83. The lowest BCUT2D eigenvalue weighted by Crippen LogP contribution is -2.15. The van der Waals surface area contributed by atoms with Crippen LogP contribution in [-0.2, 0) is 10.0 Å². The van der Waals surface area contributed by atoms with Crippen molar-refractivity contribution in [1.29, 1.82) is 0 Å². The van der Waals surface area contributed by atoms with Crippen molar-refractivity contribution in [3.63, 3.8) is 0 Å². The van der Waals surface area contributed by atoms with Gasteiger partial charge < -0.3 is 5.73 Å². The van der Waals surface area contributed by atoms with Crippen molar-refractivity contribution in [2.45, 2.75) is 4.90 Å². The van der Waals surface area contributed by atoms with E-state index in [1.165, 1.54) is 30.5 Å². The number of aromatic nitrogens is 2. The molecular formula is C16H14N4O2S2. The van der Waals surface area contributed by atoms with Gasteiger partial charge in [0, 0.05) is 16.8 Å². The third kappa shape index (κ3) is 3.98. The van der Waals surface area contributed by atoms with E-state index in [-0.39, 0.29) is 10.8 Å². The van der Waals surface area contributed by atoms with E-state index < -0.39 is 10.0 Å². The first-order chi connectivity index (χ1) is 11.5. The predicted molar refractivity (Wildman–Crippen MR) is 96.9 cm³/mol. The fourth-order valence-corrected chi connectivity index (χ4v) is 3.46. The molecule has 3 aromatic rings. The summed E-state index contributed by atoms with van der Waals surface area (Å²) >= 11 is 1.60. The summed E-state index contributed by atoms with van der Waals surface area (Å²) in [4.78, 5) is 9.33. The molecule has 1 aromatic carbocycles. The molecule has 24 heavy (non-hydrogen) atoms. The molecule has 0 atom stereocenters. The van der Waals surface area contributed by atoms with Gasteiger partial charge in [0.1, 0.15) is 0 Å². The van der Waals surface area contributed by atoms with E-state index in [1.807, 2.05) is 23.6 Å². The summed E-state index contributed by atoms with van der Waals surface area (Å²) in [5, 5.41) is 1.98. The Balaban J connectivity index is 1.80. The molecule has 3 rings (SSSR count). The fourth-order valence-electron chi connectivity index (χ4n) is 1.89. The molecule has 0 saturated heterocycles. The summed E-state index contributed by atoms with van der Waals surface area (Å²) in [7, 11) is -3.76. The summed E-state index contributed by atoms with van der Waals surface area (Å²) in [6.07, 6.45) is 5.21. The van der Waals surface area contributed by atoms with Crippen molar-refractivity contribution in [2.75, 3.05) is 10.5 Å². The Bertz CT molecular complexity index is 950. The molecule has 122 valence electrons. The van der Waals surface area contributed by atoms with E-state index in [1.54, 1.807) is 23.5 Å². The lowest BCUT2D eigenvalue weighted by molar-refractivity contribution is 0.601. The Morgan fingerprint density at radius 2 is 1.88 bits per heavy atom. The maximum absolute atomic E-state index is 12.3. The molecule has 0 unspecified atom stereocenters. The van der Waals surface area contributed by atoms with Crippen molar-refractivity contribution in [2.24, 2.45) is 0 Å². The summed E-state index contributed by atoms with van der Waals surface area (Å²) in [5.74, 6) is 0.0140. The van der Waals surface area contributed by atoms with Crippen molar-refractivity contribution in [3.05, 3.63) is 64.6 Å². The van der Waals surface area contributed by atoms with Crippen LogP contribution in [0.1, 0.15) is 10.6 Å². The van der Waals surface area contributed by atoms with E-state index in [9.17, 15) is 8.42 Å². The highest BCUT2D eigenvalue weighted by Crippen LogP contribution is 2.16. The number of hydrogen-bond donors (Lipinski definition) is 2. The quantitative estimate of drug-likeness (QED) is 0.683. The normalized spacial score (nSPS) is 11.7. The topological polar surface area (TPSA) is 98.0 Å². The minimum Gasteiger partial charge on any atom is -0.399 e. The molecule has 0 aliphatic rings. The van der Waals surface area contributed by atoms with Gasteiger partial charge in [0.25, 0.3) is 10.0 Å². The van der Waals surface area contributed by atoms with Gasteiger partial charge in [-0.3, -0.25) is 0 Å². The predicted octanol–water partition coefficient (Wildman–Crippen LogP) is 3.09. The molecule has 0 saturated carbocycles. The molecule has 3 N–H and O–H groups in total. The Morgan fingerprint density at radius 3 is 2.58 bits per heavy atom. The van der Waals surface area contributed by atoms with E-state index >= 15 is 0 Å². The largest absolute Gasteiger partial charge is 0.399 e. The van der Waals surface area contributed by atoms with E-state index in [4.69, 9.17) is 5.73 Å². The molecule has 2 aromatic heterocycles. The van der Waals surface area contributed by atoms with E-state index in [2.05, 4.69) is 14.7 Å². The molecule has 0 bridgehead atoms. The highest BCUT2D eigenvalue weighted by atomic mass is 32.2. The average molecular weight is 358 g/mol. The maximum atomic E-state index is 12.3. The maximum Gasteiger partial charge on any atom is 0.264 e. The first-order valence-electron chi connectivity index (χ1n) is 6.96. The Hall–Kier alpha value is -2.71. The van der Waals surface area contributed by atoms with Crippen LogP contribution in [0.5, 0.6) is 0 Å². The molecular weight excluding hydrogens is 344 g/mol. The number of nitrogens with two attached hydrogens (primary N) is 1. The molecule has 6 nitrogen and oxygen atoms in total. The molecule has 0 spiro atoms. The van der Waals surface area contributed by atoms with Crippen LogP contribution in [0.25, 0.3) is 12.2 Å². The number of hydrogen-bond acceptors (Lipinski definition) is 6. The van der Waals surface area contributed by atoms with Gasteiger partial charge in [-0.2, -0.15) is 0 Å². The van der Waals surface area contributed by atoms with Gasteiger partial charge in [0.2, 0.25) is 5.95 Å². The third-order valence-corrected chi connectivity index (χ3v) is 5.24. The minimum atomic E-state index is -3.76. The lowest BCUT2D eigenvalue weighted by atomic mass is 10.3. The molecule has 0 radical (unpaired) electrons. The first kappa shape index (κ1) is 16.2. The van der Waals surface area contributed by atoms with Crippen LogP contribution < -0.4 is 10.5 Å². The van der Waals surface area contributed by atoms with Gasteiger partial charge in [-0.15, -0.1) is 11.3 Å². The number of nitrogen functional groups attached to an aromatic ring is 1. The summed E-state index contributed by atoms with van der Waals surface area (Å²) in [6.45, 7) is 0. The molecule has 0 fully saturated rings. The monoisotopic (exact) mass is 358 g/mol. The number of nitrogens with one attached hydrogen (secondary N) is 1. The average Bonchev–Trinajstić information content (AvgIpc) is 3.07. The van der Waals surface area contributed by atoms with Crippen LogP contribution in [0, 0.1) is 0 Å². The molecule has 0 aliphatic carbocycles. The highest BCUT2D eigenvalue weighted by Gasteiger charge is 2.15. The van der Waals surface area contributed by atoms with Crippen molar-refractivity contribution in [1.82, 2.24) is 9.97 Å². The smallest absolute Gasteiger partial charge is 0.264 e. The lowest BCUT2D eigenvalue weighted by Gasteiger charge is -2.07. The third-order valence-electron chi connectivity index (χ3n) is 3.05. The summed E-state index contributed by atoms with van der Waals surface area (Å²) < 4.78 is 27.0. The zero-order chi connectivity index (χ0) is 17.0. The van der Waals surface area contributed by atoms with Gasteiger partial charge >= 0.3 is 0 Å².